The van der Waals surface area contributed by atoms with Crippen LogP contribution in [0.5, 0.6) is 5.88 Å². The molecule has 11 nitrogen and oxygen atoms in total. The summed E-state index contributed by atoms with van der Waals surface area (Å²) in [6.45, 7) is 4.86. The summed E-state index contributed by atoms with van der Waals surface area (Å²) >= 11 is 0. The van der Waals surface area contributed by atoms with E-state index in [0.29, 0.717) is 5.82 Å². The molecule has 0 spiro atoms. The van der Waals surface area contributed by atoms with Gasteiger partial charge in [0.25, 0.3) is 5.16 Å². The zero-order chi connectivity index (χ0) is 25.3. The summed E-state index contributed by atoms with van der Waals surface area (Å²) in [6.07, 6.45) is 0.672. The predicted octanol–water partition coefficient (Wildman–Crippen LogP) is 2.91. The van der Waals surface area contributed by atoms with E-state index in [1.165, 1.54) is 17.1 Å². The summed E-state index contributed by atoms with van der Waals surface area (Å²) in [5.74, 6) is -2.78. The highest BCUT2D eigenvalue weighted by Gasteiger charge is 2.40. The number of hydrogen-bond donors (Lipinski definition) is 0. The summed E-state index contributed by atoms with van der Waals surface area (Å²) in [5, 5.41) is 3.49. The maximum atomic E-state index is 13.8. The number of aryl methyl sites for hydroxylation is 1. The topological polar surface area (TPSA) is 129 Å². The van der Waals surface area contributed by atoms with Gasteiger partial charge < -0.3 is 9.47 Å². The Morgan fingerprint density at radius 3 is 2.44 bits per heavy atom. The SMILES string of the molecule is Cn1cnc(COc2cc(N(C(=O)OC(C)(C)C)C3CCC(F)(F)CC3)nc(S(C)(=O)=O)n2)n1. The molecule has 3 rings (SSSR count). The van der Waals surface area contributed by atoms with Crippen LogP contribution < -0.4 is 9.64 Å². The van der Waals surface area contributed by atoms with Gasteiger partial charge in [-0.25, -0.2) is 32.0 Å². The number of aromatic nitrogens is 5. The van der Waals surface area contributed by atoms with Crippen molar-refractivity contribution in [1.82, 2.24) is 24.7 Å². The molecule has 1 aliphatic carbocycles. The maximum Gasteiger partial charge on any atom is 0.416 e. The third-order valence-electron chi connectivity index (χ3n) is 4.89. The number of carbonyl (C=O) groups excluding carboxylic acids is 1. The molecule has 34 heavy (non-hydrogen) atoms. The van der Waals surface area contributed by atoms with Crippen LogP contribution in [0.25, 0.3) is 0 Å². The van der Waals surface area contributed by atoms with Crippen molar-refractivity contribution in [2.45, 2.75) is 75.8 Å². The molecule has 0 radical (unpaired) electrons. The normalized spacial score (nSPS) is 16.8. The Hall–Kier alpha value is -2.90. The number of ether oxygens (including phenoxy) is 2. The Kier molecular flexibility index (Phi) is 7.10. The van der Waals surface area contributed by atoms with E-state index >= 15 is 0 Å². The Bertz CT molecular complexity index is 1140. The fourth-order valence-corrected chi connectivity index (χ4v) is 3.88. The number of sulfone groups is 1. The number of amides is 1. The summed E-state index contributed by atoms with van der Waals surface area (Å²) in [4.78, 5) is 26.2. The van der Waals surface area contributed by atoms with E-state index in [1.54, 1.807) is 27.8 Å². The van der Waals surface area contributed by atoms with Crippen molar-refractivity contribution in [3.63, 3.8) is 0 Å². The lowest BCUT2D eigenvalue weighted by molar-refractivity contribution is -0.0388. The zero-order valence-electron chi connectivity index (χ0n) is 19.7. The number of nitrogens with zero attached hydrogens (tertiary/aromatic N) is 6. The summed E-state index contributed by atoms with van der Waals surface area (Å²) in [7, 11) is -2.23. The molecule has 0 bridgehead atoms. The molecule has 2 aromatic rings. The highest BCUT2D eigenvalue weighted by molar-refractivity contribution is 7.90. The molecular weight excluding hydrogens is 474 g/mol. The molecule has 1 aliphatic rings. The van der Waals surface area contributed by atoms with E-state index < -0.39 is 51.5 Å². The molecule has 1 fully saturated rings. The van der Waals surface area contributed by atoms with Crippen LogP contribution in [0.2, 0.25) is 0 Å². The number of rotatable bonds is 6. The van der Waals surface area contributed by atoms with Crippen molar-refractivity contribution >= 4 is 21.7 Å². The monoisotopic (exact) mass is 502 g/mol. The van der Waals surface area contributed by atoms with Crippen LogP contribution in [0.1, 0.15) is 52.3 Å². The van der Waals surface area contributed by atoms with Crippen molar-refractivity contribution in [2.75, 3.05) is 11.2 Å². The smallest absolute Gasteiger partial charge is 0.416 e. The van der Waals surface area contributed by atoms with Crippen LogP contribution in [0.15, 0.2) is 17.6 Å². The fraction of sp³-hybridized carbons (Fsp3) is 0.650. The number of hydrogen-bond acceptors (Lipinski definition) is 9. The van der Waals surface area contributed by atoms with Crippen molar-refractivity contribution in [2.24, 2.45) is 7.05 Å². The van der Waals surface area contributed by atoms with E-state index in [4.69, 9.17) is 9.47 Å². The van der Waals surface area contributed by atoms with Gasteiger partial charge in [-0.2, -0.15) is 10.1 Å². The molecule has 0 aromatic carbocycles. The minimum absolute atomic E-state index is 0.0154. The molecule has 1 amide bonds. The van der Waals surface area contributed by atoms with Crippen LogP contribution in [-0.2, 0) is 28.2 Å². The number of halogens is 2. The Balaban J connectivity index is 2.00. The van der Waals surface area contributed by atoms with Crippen molar-refractivity contribution < 1.29 is 31.5 Å². The van der Waals surface area contributed by atoms with E-state index in [1.807, 2.05) is 0 Å². The van der Waals surface area contributed by atoms with Crippen LogP contribution in [0.3, 0.4) is 0 Å². The van der Waals surface area contributed by atoms with Gasteiger partial charge in [-0.1, -0.05) is 0 Å². The van der Waals surface area contributed by atoms with E-state index in [9.17, 15) is 22.0 Å². The maximum absolute atomic E-state index is 13.8. The third kappa shape index (κ3) is 6.81. The van der Waals surface area contributed by atoms with Crippen LogP contribution in [0.4, 0.5) is 19.4 Å². The Morgan fingerprint density at radius 1 is 1.26 bits per heavy atom. The molecule has 0 unspecified atom stereocenters. The second-order valence-electron chi connectivity index (χ2n) is 9.18. The van der Waals surface area contributed by atoms with Gasteiger partial charge in [0.2, 0.25) is 21.6 Å². The lowest BCUT2D eigenvalue weighted by atomic mass is 9.91. The quantitative estimate of drug-likeness (QED) is 0.547. The van der Waals surface area contributed by atoms with E-state index in [2.05, 4.69) is 20.1 Å². The third-order valence-corrected chi connectivity index (χ3v) is 5.73. The number of anilines is 1. The van der Waals surface area contributed by atoms with Crippen molar-refractivity contribution in [3.8, 4) is 5.88 Å². The van der Waals surface area contributed by atoms with Gasteiger partial charge in [0.05, 0.1) is 0 Å². The average molecular weight is 503 g/mol. The average Bonchev–Trinajstić information content (AvgIpc) is 3.11. The molecule has 0 atom stereocenters. The minimum Gasteiger partial charge on any atom is -0.469 e. The van der Waals surface area contributed by atoms with Crippen LogP contribution in [-0.4, -0.2) is 63.1 Å². The predicted molar refractivity (Wildman–Crippen MR) is 116 cm³/mol. The van der Waals surface area contributed by atoms with Gasteiger partial charge in [0.15, 0.2) is 12.4 Å². The number of carbonyl (C=O) groups is 1. The minimum atomic E-state index is -3.91. The Labute approximate surface area is 196 Å². The molecule has 0 saturated heterocycles. The summed E-state index contributed by atoms with van der Waals surface area (Å²) < 4.78 is 64.6. The molecule has 2 aromatic heterocycles. The molecule has 0 N–H and O–H groups in total. The van der Waals surface area contributed by atoms with Crippen molar-refractivity contribution in [3.05, 3.63) is 18.2 Å². The first-order valence-corrected chi connectivity index (χ1v) is 12.5. The lowest BCUT2D eigenvalue weighted by Gasteiger charge is -2.37. The highest BCUT2D eigenvalue weighted by atomic mass is 32.2. The van der Waals surface area contributed by atoms with Gasteiger partial charge in [-0.05, 0) is 33.6 Å². The summed E-state index contributed by atoms with van der Waals surface area (Å²) in [6, 6.07) is 0.593. The van der Waals surface area contributed by atoms with Gasteiger partial charge in [0, 0.05) is 38.3 Å². The van der Waals surface area contributed by atoms with Gasteiger partial charge in [-0.3, -0.25) is 9.58 Å². The molecular formula is C20H28F2N6O5S. The second-order valence-corrected chi connectivity index (χ2v) is 11.1. The van der Waals surface area contributed by atoms with Gasteiger partial charge in [0.1, 0.15) is 17.7 Å². The highest BCUT2D eigenvalue weighted by Crippen LogP contribution is 2.37. The largest absolute Gasteiger partial charge is 0.469 e. The zero-order valence-corrected chi connectivity index (χ0v) is 20.5. The standard InChI is InChI=1S/C20H28F2N6O5S/c1-19(2,3)33-18(29)28(13-6-8-20(21,22)9-7-13)15-10-16(25-17(24-15)34(5,30)31)32-11-14-23-12-27(4)26-14/h10,12-13H,6-9,11H2,1-5H3. The van der Waals surface area contributed by atoms with Crippen LogP contribution in [0, 0.1) is 0 Å². The second kappa shape index (κ2) is 9.39. The van der Waals surface area contributed by atoms with Crippen LogP contribution >= 0.6 is 0 Å². The first-order valence-electron chi connectivity index (χ1n) is 10.6. The molecule has 1 saturated carbocycles. The molecule has 188 valence electrons. The summed E-state index contributed by atoms with van der Waals surface area (Å²) in [5.41, 5.74) is -0.884. The van der Waals surface area contributed by atoms with Gasteiger partial charge >= 0.3 is 6.09 Å². The lowest BCUT2D eigenvalue weighted by Crippen LogP contribution is -2.47. The molecule has 14 heteroatoms. The van der Waals surface area contributed by atoms with Crippen molar-refractivity contribution in [1.29, 1.82) is 0 Å². The first-order chi connectivity index (χ1) is 15.6. The van der Waals surface area contributed by atoms with Gasteiger partial charge in [-0.15, -0.1) is 0 Å². The van der Waals surface area contributed by atoms with E-state index in [0.717, 1.165) is 11.2 Å². The van der Waals surface area contributed by atoms with E-state index in [-0.39, 0.29) is 31.1 Å². The fourth-order valence-electron chi connectivity index (χ4n) is 3.37. The molecule has 0 aliphatic heterocycles. The Morgan fingerprint density at radius 2 is 1.91 bits per heavy atom. The molecule has 2 heterocycles. The number of alkyl halides is 2. The first kappa shape index (κ1) is 25.7.